The minimum Gasteiger partial charge on any atom is -0.504 e. The first-order valence-electron chi connectivity index (χ1n) is 11.7. The number of carbonyl (C=O) groups excluding carboxylic acids is 1. The van der Waals surface area contributed by atoms with Crippen molar-refractivity contribution >= 4 is 22.9 Å². The van der Waals surface area contributed by atoms with Crippen molar-refractivity contribution in [2.75, 3.05) is 20.3 Å². The molecule has 11 nitrogen and oxygen atoms in total. The van der Waals surface area contributed by atoms with E-state index in [4.69, 9.17) is 14.2 Å². The first-order valence-corrected chi connectivity index (χ1v) is 11.7. The maximum absolute atomic E-state index is 12.2. The van der Waals surface area contributed by atoms with Crippen molar-refractivity contribution in [2.45, 2.75) is 37.1 Å². The second-order valence-electron chi connectivity index (χ2n) is 8.64. The molecule has 1 saturated heterocycles. The molecule has 198 valence electrons. The van der Waals surface area contributed by atoms with Gasteiger partial charge in [0.05, 0.1) is 13.7 Å². The highest BCUT2D eigenvalue weighted by molar-refractivity contribution is 5.92. The number of hydrogen-bond donors (Lipinski definition) is 7. The predicted octanol–water partition coefficient (Wildman–Crippen LogP) is 0.433. The van der Waals surface area contributed by atoms with E-state index in [0.717, 1.165) is 16.5 Å². The molecule has 7 N–H and O–H groups in total. The molecule has 1 fully saturated rings. The number of aromatic hydroxyl groups is 1. The van der Waals surface area contributed by atoms with Crippen LogP contribution in [-0.4, -0.2) is 87.4 Å². The SMILES string of the molecule is COc1cc(/C=C/C(=O)NCCc2c[nH]c3ccc(O[C@@H]4O[C@H](CO)[C@@H](O)[C@H](O)[C@H]4O)cc23)ccc1O. The Morgan fingerprint density at radius 1 is 1.14 bits per heavy atom. The van der Waals surface area contributed by atoms with Crippen LogP contribution < -0.4 is 14.8 Å². The van der Waals surface area contributed by atoms with Crippen LogP contribution in [0.15, 0.2) is 48.7 Å². The van der Waals surface area contributed by atoms with Crippen LogP contribution in [-0.2, 0) is 16.0 Å². The van der Waals surface area contributed by atoms with Gasteiger partial charge in [0.1, 0.15) is 30.2 Å². The van der Waals surface area contributed by atoms with Gasteiger partial charge >= 0.3 is 0 Å². The van der Waals surface area contributed by atoms with E-state index in [-0.39, 0.29) is 11.7 Å². The van der Waals surface area contributed by atoms with Crippen LogP contribution in [0.3, 0.4) is 0 Å². The van der Waals surface area contributed by atoms with Gasteiger partial charge in [0.15, 0.2) is 11.5 Å². The van der Waals surface area contributed by atoms with E-state index in [9.17, 15) is 30.3 Å². The number of phenols is 1. The van der Waals surface area contributed by atoms with Crippen LogP contribution in [0, 0.1) is 0 Å². The lowest BCUT2D eigenvalue weighted by Gasteiger charge is -2.39. The molecule has 2 heterocycles. The van der Waals surface area contributed by atoms with E-state index in [1.165, 1.54) is 19.3 Å². The Morgan fingerprint density at radius 3 is 2.70 bits per heavy atom. The minimum absolute atomic E-state index is 0.0181. The van der Waals surface area contributed by atoms with Gasteiger partial charge in [-0.15, -0.1) is 0 Å². The number of aromatic nitrogens is 1. The Bertz CT molecular complexity index is 1260. The highest BCUT2D eigenvalue weighted by atomic mass is 16.7. The molecule has 1 amide bonds. The number of aliphatic hydroxyl groups is 4. The summed E-state index contributed by atoms with van der Waals surface area (Å²) in [4.78, 5) is 15.4. The van der Waals surface area contributed by atoms with Gasteiger partial charge in [0.2, 0.25) is 12.2 Å². The van der Waals surface area contributed by atoms with Crippen LogP contribution in [0.1, 0.15) is 11.1 Å². The number of ether oxygens (including phenoxy) is 3. The molecule has 0 bridgehead atoms. The molecule has 1 aromatic heterocycles. The standard InChI is InChI=1S/C26H30N2O9/c1-35-20-10-14(2-6-19(20)30)3-7-22(31)27-9-8-15-12-28-18-5-4-16(11-17(15)18)36-26-25(34)24(33)23(32)21(13-29)37-26/h2-7,10-12,21,23-26,28-30,32-34H,8-9,13H2,1H3,(H,27,31)/b7-3+/t21-,23-,24+,25-,26-/m1/s1. The van der Waals surface area contributed by atoms with Crippen molar-refractivity contribution in [1.29, 1.82) is 0 Å². The fraction of sp³-hybridized carbons (Fsp3) is 0.346. The monoisotopic (exact) mass is 514 g/mol. The number of carbonyl (C=O) groups is 1. The minimum atomic E-state index is -1.53. The number of benzene rings is 2. The summed E-state index contributed by atoms with van der Waals surface area (Å²) in [6, 6.07) is 9.96. The summed E-state index contributed by atoms with van der Waals surface area (Å²) >= 11 is 0. The summed E-state index contributed by atoms with van der Waals surface area (Å²) in [5.41, 5.74) is 2.46. The van der Waals surface area contributed by atoms with Crippen LogP contribution in [0.5, 0.6) is 17.2 Å². The fourth-order valence-corrected chi connectivity index (χ4v) is 4.09. The lowest BCUT2D eigenvalue weighted by atomic mass is 9.99. The quantitative estimate of drug-likeness (QED) is 0.200. The van der Waals surface area contributed by atoms with E-state index in [1.54, 1.807) is 36.4 Å². The number of H-pyrrole nitrogens is 1. The molecule has 37 heavy (non-hydrogen) atoms. The Labute approximate surface area is 212 Å². The second-order valence-corrected chi connectivity index (χ2v) is 8.64. The summed E-state index contributed by atoms with van der Waals surface area (Å²) in [7, 11) is 1.45. The normalized spacial score (nSPS) is 23.9. The number of aliphatic hydroxyl groups excluding tert-OH is 4. The maximum Gasteiger partial charge on any atom is 0.244 e. The van der Waals surface area contributed by atoms with Crippen molar-refractivity contribution in [2.24, 2.45) is 0 Å². The highest BCUT2D eigenvalue weighted by Crippen LogP contribution is 2.29. The van der Waals surface area contributed by atoms with Crippen LogP contribution in [0.25, 0.3) is 17.0 Å². The first kappa shape index (κ1) is 26.5. The van der Waals surface area contributed by atoms with Gasteiger partial charge in [-0.3, -0.25) is 4.79 Å². The number of rotatable bonds is 9. The van der Waals surface area contributed by atoms with Crippen LogP contribution in [0.4, 0.5) is 0 Å². The topological polar surface area (TPSA) is 174 Å². The number of fused-ring (bicyclic) bond motifs is 1. The predicted molar refractivity (Wildman–Crippen MR) is 133 cm³/mol. The zero-order valence-corrected chi connectivity index (χ0v) is 20.1. The molecule has 1 aliphatic rings. The Kier molecular flexibility index (Phi) is 8.31. The number of phenolic OH excluding ortho intramolecular Hbond substituents is 1. The summed E-state index contributed by atoms with van der Waals surface area (Å²) in [6.45, 7) is -0.178. The van der Waals surface area contributed by atoms with Gasteiger partial charge in [-0.25, -0.2) is 0 Å². The maximum atomic E-state index is 12.2. The molecule has 0 radical (unpaired) electrons. The molecule has 11 heteroatoms. The number of methoxy groups -OCH3 is 1. The van der Waals surface area contributed by atoms with E-state index in [0.29, 0.717) is 30.0 Å². The molecule has 3 aromatic rings. The molecular formula is C26H30N2O9. The average Bonchev–Trinajstić information content (AvgIpc) is 3.30. The third-order valence-electron chi connectivity index (χ3n) is 6.16. The third-order valence-corrected chi connectivity index (χ3v) is 6.16. The molecule has 0 saturated carbocycles. The van der Waals surface area contributed by atoms with Gasteiger partial charge in [-0.05, 0) is 54.0 Å². The van der Waals surface area contributed by atoms with Gasteiger partial charge in [0, 0.05) is 29.7 Å². The number of nitrogens with one attached hydrogen (secondary N) is 2. The van der Waals surface area contributed by atoms with Crippen LogP contribution >= 0.6 is 0 Å². The Balaban J connectivity index is 1.36. The van der Waals surface area contributed by atoms with Crippen molar-refractivity contribution < 1.29 is 44.5 Å². The number of aromatic amines is 1. The summed E-state index contributed by atoms with van der Waals surface area (Å²) in [5, 5.41) is 52.8. The van der Waals surface area contributed by atoms with E-state index in [2.05, 4.69) is 10.3 Å². The number of amides is 1. The van der Waals surface area contributed by atoms with Gasteiger partial charge in [0.25, 0.3) is 0 Å². The smallest absolute Gasteiger partial charge is 0.244 e. The molecular weight excluding hydrogens is 484 g/mol. The molecule has 1 aliphatic heterocycles. The molecule has 0 aliphatic carbocycles. The van der Waals surface area contributed by atoms with Gasteiger partial charge in [-0.2, -0.15) is 0 Å². The molecule has 5 atom stereocenters. The fourth-order valence-electron chi connectivity index (χ4n) is 4.09. The molecule has 0 unspecified atom stereocenters. The lowest BCUT2D eigenvalue weighted by molar-refractivity contribution is -0.277. The van der Waals surface area contributed by atoms with Crippen molar-refractivity contribution in [3.63, 3.8) is 0 Å². The lowest BCUT2D eigenvalue weighted by Crippen LogP contribution is -2.60. The summed E-state index contributed by atoms with van der Waals surface area (Å²) < 4.78 is 16.2. The zero-order valence-electron chi connectivity index (χ0n) is 20.1. The van der Waals surface area contributed by atoms with Crippen molar-refractivity contribution in [1.82, 2.24) is 10.3 Å². The van der Waals surface area contributed by atoms with Crippen molar-refractivity contribution in [3.8, 4) is 17.2 Å². The van der Waals surface area contributed by atoms with Gasteiger partial charge < -0.3 is 50.0 Å². The highest BCUT2D eigenvalue weighted by Gasteiger charge is 2.44. The summed E-state index contributed by atoms with van der Waals surface area (Å²) in [6.07, 6.45) is -1.49. The Hall–Kier alpha value is -3.61. The first-order chi connectivity index (χ1) is 17.8. The van der Waals surface area contributed by atoms with E-state index in [1.807, 2.05) is 6.20 Å². The molecule has 4 rings (SSSR count). The van der Waals surface area contributed by atoms with Gasteiger partial charge in [-0.1, -0.05) is 6.07 Å². The molecule has 0 spiro atoms. The Morgan fingerprint density at radius 2 is 1.95 bits per heavy atom. The average molecular weight is 515 g/mol. The largest absolute Gasteiger partial charge is 0.504 e. The second kappa shape index (κ2) is 11.6. The zero-order chi connectivity index (χ0) is 26.5. The third kappa shape index (κ3) is 6.04. The summed E-state index contributed by atoms with van der Waals surface area (Å²) in [5.74, 6) is 0.411. The molecule has 2 aromatic carbocycles. The van der Waals surface area contributed by atoms with Crippen molar-refractivity contribution in [3.05, 3.63) is 59.8 Å². The van der Waals surface area contributed by atoms with E-state index >= 15 is 0 Å². The number of hydrogen-bond acceptors (Lipinski definition) is 9. The van der Waals surface area contributed by atoms with E-state index < -0.39 is 37.3 Å². The van der Waals surface area contributed by atoms with Crippen LogP contribution in [0.2, 0.25) is 0 Å².